The maximum atomic E-state index is 13.6. The number of benzene rings is 3. The van der Waals surface area contributed by atoms with Crippen LogP contribution in [0.3, 0.4) is 0 Å². The molecule has 222 valence electrons. The number of methoxy groups -OCH3 is 1. The maximum Gasteiger partial charge on any atom is 0.251 e. The Morgan fingerprint density at radius 1 is 1.00 bits per heavy atom. The zero-order chi connectivity index (χ0) is 29.4. The van der Waals surface area contributed by atoms with Crippen LogP contribution in [-0.4, -0.2) is 64.3 Å². The third kappa shape index (κ3) is 8.61. The Morgan fingerprint density at radius 2 is 1.76 bits per heavy atom. The number of ether oxygens (including phenoxy) is 2. The fourth-order valence-corrected chi connectivity index (χ4v) is 6.45. The topological polar surface area (TPSA) is 124 Å². The molecular weight excluding hydrogens is 542 g/mol. The Labute approximate surface area is 244 Å². The molecule has 1 amide bonds. The van der Waals surface area contributed by atoms with Gasteiger partial charge >= 0.3 is 0 Å². The van der Waals surface area contributed by atoms with Gasteiger partial charge in [0.2, 0.25) is 0 Å². The number of aliphatic hydroxyl groups excluding tert-OH is 1. The Bertz CT molecular complexity index is 1290. The molecule has 1 aliphatic heterocycles. The standard InChI is InChI=1S/C31H41N3O6S/c1-22(2)40-28-18-25(17-26(19-28)34-13-8-14-41(34,37)38)31(36)33-29(16-23-9-5-4-6-10-23)30(35)21-32-20-24-11-7-12-27(15-24)39-3/h4-7,9-12,15,17-19,22,29-30,32,35,37-38H,8,13-14,16,20-21H2,1-3H3,(H,33,36)/t29-,30-/m0/s1. The molecule has 3 aromatic rings. The molecular formula is C31H41N3O6S. The number of nitrogens with one attached hydrogen (secondary N) is 2. The summed E-state index contributed by atoms with van der Waals surface area (Å²) in [7, 11) is -1.33. The minimum atomic E-state index is -2.95. The molecule has 9 nitrogen and oxygen atoms in total. The highest BCUT2D eigenvalue weighted by Crippen LogP contribution is 2.51. The molecule has 0 saturated carbocycles. The highest BCUT2D eigenvalue weighted by molar-refractivity contribution is 8.25. The van der Waals surface area contributed by atoms with Crippen LogP contribution in [0.1, 0.15) is 41.8 Å². The van der Waals surface area contributed by atoms with Gasteiger partial charge in [-0.25, -0.2) is 0 Å². The van der Waals surface area contributed by atoms with Crippen LogP contribution in [0, 0.1) is 0 Å². The molecule has 0 aromatic heterocycles. The fourth-order valence-electron chi connectivity index (χ4n) is 4.85. The van der Waals surface area contributed by atoms with Crippen molar-refractivity contribution in [3.05, 3.63) is 89.5 Å². The van der Waals surface area contributed by atoms with Crippen molar-refractivity contribution in [1.29, 1.82) is 0 Å². The maximum absolute atomic E-state index is 13.6. The minimum absolute atomic E-state index is 0.136. The lowest BCUT2D eigenvalue weighted by molar-refractivity contribution is 0.0829. The molecule has 4 rings (SSSR count). The lowest BCUT2D eigenvalue weighted by atomic mass is 10.00. The van der Waals surface area contributed by atoms with Gasteiger partial charge in [-0.2, -0.15) is 0 Å². The molecule has 41 heavy (non-hydrogen) atoms. The van der Waals surface area contributed by atoms with Crippen molar-refractivity contribution in [2.24, 2.45) is 0 Å². The van der Waals surface area contributed by atoms with E-state index in [4.69, 9.17) is 9.47 Å². The third-order valence-electron chi connectivity index (χ3n) is 6.84. The second-order valence-electron chi connectivity index (χ2n) is 10.5. The summed E-state index contributed by atoms with van der Waals surface area (Å²) in [5, 5.41) is 17.5. The SMILES string of the molecule is COc1cccc(CNC[C@H](O)[C@H](Cc2ccccc2)NC(=O)c2cc(OC(C)C)cc(N3CCCS3(O)O)c2)c1. The van der Waals surface area contributed by atoms with Gasteiger partial charge in [-0.3, -0.25) is 18.2 Å². The van der Waals surface area contributed by atoms with Crippen molar-refractivity contribution >= 4 is 22.4 Å². The predicted molar refractivity (Wildman–Crippen MR) is 164 cm³/mol. The van der Waals surface area contributed by atoms with E-state index in [1.54, 1.807) is 29.6 Å². The fraction of sp³-hybridized carbons (Fsp3) is 0.387. The molecule has 0 aliphatic carbocycles. The van der Waals surface area contributed by atoms with Crippen molar-refractivity contribution in [2.75, 3.05) is 30.3 Å². The second kappa shape index (κ2) is 14.1. The van der Waals surface area contributed by atoms with Crippen LogP contribution in [0.5, 0.6) is 11.5 Å². The number of carbonyl (C=O) groups excluding carboxylic acids is 1. The molecule has 3 aromatic carbocycles. The monoisotopic (exact) mass is 583 g/mol. The van der Waals surface area contributed by atoms with Crippen LogP contribution in [0.2, 0.25) is 0 Å². The summed E-state index contributed by atoms with van der Waals surface area (Å²) in [6.45, 7) is 5.04. The summed E-state index contributed by atoms with van der Waals surface area (Å²) in [5.41, 5.74) is 2.83. The largest absolute Gasteiger partial charge is 0.497 e. The molecule has 1 aliphatic rings. The Morgan fingerprint density at radius 3 is 2.44 bits per heavy atom. The summed E-state index contributed by atoms with van der Waals surface area (Å²) in [6, 6.07) is 21.8. The zero-order valence-electron chi connectivity index (χ0n) is 23.8. The van der Waals surface area contributed by atoms with Gasteiger partial charge in [0.1, 0.15) is 11.5 Å². The number of hydrogen-bond acceptors (Lipinski definition) is 8. The van der Waals surface area contributed by atoms with Crippen LogP contribution in [0.25, 0.3) is 0 Å². The average molecular weight is 584 g/mol. The number of aliphatic hydroxyl groups is 1. The van der Waals surface area contributed by atoms with Gasteiger partial charge in [0, 0.05) is 31.3 Å². The first-order chi connectivity index (χ1) is 19.6. The number of anilines is 1. The number of hydrogen-bond donors (Lipinski definition) is 5. The summed E-state index contributed by atoms with van der Waals surface area (Å²) in [6.07, 6.45) is 0.0528. The van der Waals surface area contributed by atoms with Gasteiger partial charge in [0.25, 0.3) is 5.91 Å². The van der Waals surface area contributed by atoms with Gasteiger partial charge in [-0.15, -0.1) is 10.8 Å². The molecule has 1 heterocycles. The summed E-state index contributed by atoms with van der Waals surface area (Å²) >= 11 is 0. The van der Waals surface area contributed by atoms with Crippen LogP contribution in [0.15, 0.2) is 72.8 Å². The zero-order valence-corrected chi connectivity index (χ0v) is 24.6. The van der Waals surface area contributed by atoms with E-state index in [0.29, 0.717) is 42.9 Å². The van der Waals surface area contributed by atoms with Crippen LogP contribution in [-0.2, 0) is 13.0 Å². The number of carbonyl (C=O) groups is 1. The average Bonchev–Trinajstić information content (AvgIpc) is 3.31. The Balaban J connectivity index is 1.52. The molecule has 2 atom stereocenters. The van der Waals surface area contributed by atoms with Gasteiger partial charge in [-0.1, -0.05) is 42.5 Å². The lowest BCUT2D eigenvalue weighted by Gasteiger charge is -2.38. The molecule has 0 bridgehead atoms. The second-order valence-corrected chi connectivity index (χ2v) is 12.6. The van der Waals surface area contributed by atoms with Crippen LogP contribution in [0.4, 0.5) is 5.69 Å². The lowest BCUT2D eigenvalue weighted by Crippen LogP contribution is -2.48. The van der Waals surface area contributed by atoms with E-state index in [-0.39, 0.29) is 24.3 Å². The van der Waals surface area contributed by atoms with Crippen molar-refractivity contribution in [2.45, 2.75) is 51.5 Å². The molecule has 5 N–H and O–H groups in total. The van der Waals surface area contributed by atoms with E-state index in [9.17, 15) is 19.0 Å². The quantitative estimate of drug-likeness (QED) is 0.194. The van der Waals surface area contributed by atoms with Crippen molar-refractivity contribution in [1.82, 2.24) is 10.6 Å². The van der Waals surface area contributed by atoms with Crippen LogP contribution >= 0.6 is 10.8 Å². The van der Waals surface area contributed by atoms with Gasteiger partial charge in [0.05, 0.1) is 36.8 Å². The smallest absolute Gasteiger partial charge is 0.251 e. The van der Waals surface area contributed by atoms with Crippen LogP contribution < -0.4 is 24.4 Å². The van der Waals surface area contributed by atoms with E-state index in [1.807, 2.05) is 68.4 Å². The van der Waals surface area contributed by atoms with Crippen molar-refractivity contribution in [3.8, 4) is 11.5 Å². The van der Waals surface area contributed by atoms with Gasteiger partial charge in [-0.05, 0) is 62.1 Å². The highest BCUT2D eigenvalue weighted by atomic mass is 32.3. The number of nitrogens with zero attached hydrogens (tertiary/aromatic N) is 1. The molecule has 0 spiro atoms. The first-order valence-corrected chi connectivity index (χ1v) is 15.5. The van der Waals surface area contributed by atoms with Gasteiger partial charge < -0.3 is 25.2 Å². The summed E-state index contributed by atoms with van der Waals surface area (Å²) in [4.78, 5) is 13.6. The van der Waals surface area contributed by atoms with E-state index in [2.05, 4.69) is 10.6 Å². The Kier molecular flexibility index (Phi) is 10.5. The normalized spacial score (nSPS) is 16.7. The highest BCUT2D eigenvalue weighted by Gasteiger charge is 2.30. The Hall–Kier alpha value is -3.28. The number of amides is 1. The van der Waals surface area contributed by atoms with Crippen molar-refractivity contribution in [3.63, 3.8) is 0 Å². The van der Waals surface area contributed by atoms with Gasteiger partial charge in [0.15, 0.2) is 0 Å². The van der Waals surface area contributed by atoms with Crippen molar-refractivity contribution < 1.29 is 28.5 Å². The predicted octanol–water partition coefficient (Wildman–Crippen LogP) is 4.85. The molecule has 0 unspecified atom stereocenters. The molecule has 0 radical (unpaired) electrons. The minimum Gasteiger partial charge on any atom is -0.497 e. The summed E-state index contributed by atoms with van der Waals surface area (Å²) in [5.74, 6) is 1.13. The van der Waals surface area contributed by atoms with E-state index < -0.39 is 22.9 Å². The first kappa shape index (κ1) is 30.7. The van der Waals surface area contributed by atoms with E-state index >= 15 is 0 Å². The molecule has 1 fully saturated rings. The first-order valence-electron chi connectivity index (χ1n) is 13.9. The van der Waals surface area contributed by atoms with E-state index in [1.165, 1.54) is 0 Å². The summed E-state index contributed by atoms with van der Waals surface area (Å²) < 4.78 is 33.9. The molecule has 10 heteroatoms. The third-order valence-corrected chi connectivity index (χ3v) is 8.78. The number of rotatable bonds is 13. The molecule has 1 saturated heterocycles. The van der Waals surface area contributed by atoms with E-state index in [0.717, 1.165) is 16.9 Å².